The van der Waals surface area contributed by atoms with Crippen LogP contribution in [-0.4, -0.2) is 73.5 Å². The maximum Gasteiger partial charge on any atom is 0.0588 e. The first-order chi connectivity index (χ1) is 7.88. The molecule has 4 nitrogen and oxygen atoms in total. The lowest BCUT2D eigenvalue weighted by atomic mass is 10.1. The number of aliphatic hydroxyl groups excluding tert-OH is 1. The van der Waals surface area contributed by atoms with Crippen molar-refractivity contribution in [2.24, 2.45) is 0 Å². The zero-order valence-electron chi connectivity index (χ0n) is 10.1. The van der Waals surface area contributed by atoms with Crippen LogP contribution < -0.4 is 0 Å². The summed E-state index contributed by atoms with van der Waals surface area (Å²) in [6, 6.07) is 0. The lowest BCUT2D eigenvalue weighted by molar-refractivity contribution is 0.0736. The van der Waals surface area contributed by atoms with Crippen LogP contribution in [0.25, 0.3) is 0 Å². The van der Waals surface area contributed by atoms with Gasteiger partial charge in [-0.15, -0.1) is 0 Å². The highest BCUT2D eigenvalue weighted by Crippen LogP contribution is 2.16. The maximum absolute atomic E-state index is 8.86. The zero-order valence-corrected chi connectivity index (χ0v) is 10.1. The molecule has 4 heteroatoms. The monoisotopic (exact) mass is 228 g/mol. The maximum atomic E-state index is 8.86. The SMILES string of the molecule is OCCN1CCN(CCC2CCCO2)CC1. The molecule has 2 aliphatic heterocycles. The van der Waals surface area contributed by atoms with E-state index >= 15 is 0 Å². The van der Waals surface area contributed by atoms with Crippen molar-refractivity contribution in [1.29, 1.82) is 0 Å². The van der Waals surface area contributed by atoms with E-state index in [9.17, 15) is 0 Å². The minimum atomic E-state index is 0.288. The lowest BCUT2D eigenvalue weighted by Gasteiger charge is -2.34. The summed E-state index contributed by atoms with van der Waals surface area (Å²) < 4.78 is 5.63. The van der Waals surface area contributed by atoms with Crippen molar-refractivity contribution in [3.8, 4) is 0 Å². The van der Waals surface area contributed by atoms with Crippen LogP contribution in [-0.2, 0) is 4.74 Å². The first-order valence-electron chi connectivity index (χ1n) is 6.55. The second-order valence-electron chi connectivity index (χ2n) is 4.83. The average molecular weight is 228 g/mol. The Morgan fingerprint density at radius 1 is 1.06 bits per heavy atom. The highest BCUT2D eigenvalue weighted by molar-refractivity contribution is 4.74. The fourth-order valence-electron chi connectivity index (χ4n) is 2.58. The molecule has 0 saturated carbocycles. The van der Waals surface area contributed by atoms with Crippen LogP contribution in [0.1, 0.15) is 19.3 Å². The van der Waals surface area contributed by atoms with E-state index in [1.165, 1.54) is 25.8 Å². The molecule has 0 aromatic carbocycles. The van der Waals surface area contributed by atoms with E-state index in [0.29, 0.717) is 6.10 Å². The number of ether oxygens (including phenoxy) is 1. The van der Waals surface area contributed by atoms with Gasteiger partial charge in [0.05, 0.1) is 12.7 Å². The standard InChI is InChI=1S/C12H24N2O2/c15-10-9-14-7-5-13(6-8-14)4-3-12-2-1-11-16-12/h12,15H,1-11H2. The molecule has 0 aromatic rings. The van der Waals surface area contributed by atoms with Crippen LogP contribution in [0.15, 0.2) is 0 Å². The molecule has 2 heterocycles. The molecule has 2 rings (SSSR count). The van der Waals surface area contributed by atoms with Gasteiger partial charge in [0, 0.05) is 45.9 Å². The molecule has 0 amide bonds. The number of aliphatic hydroxyl groups is 1. The van der Waals surface area contributed by atoms with Gasteiger partial charge < -0.3 is 14.7 Å². The van der Waals surface area contributed by atoms with E-state index in [0.717, 1.165) is 39.3 Å². The van der Waals surface area contributed by atoms with Crippen LogP contribution >= 0.6 is 0 Å². The Labute approximate surface area is 98.2 Å². The molecule has 0 spiro atoms. The molecule has 2 saturated heterocycles. The van der Waals surface area contributed by atoms with Gasteiger partial charge in [0.25, 0.3) is 0 Å². The Balaban J connectivity index is 1.57. The van der Waals surface area contributed by atoms with Gasteiger partial charge in [0.1, 0.15) is 0 Å². The van der Waals surface area contributed by atoms with Crippen LogP contribution in [0.2, 0.25) is 0 Å². The molecule has 0 aromatic heterocycles. The topological polar surface area (TPSA) is 35.9 Å². The Bertz CT molecular complexity index is 187. The molecular formula is C12H24N2O2. The van der Waals surface area contributed by atoms with E-state index < -0.39 is 0 Å². The van der Waals surface area contributed by atoms with Crippen molar-refractivity contribution in [3.05, 3.63) is 0 Å². The first kappa shape index (κ1) is 12.3. The Kier molecular flexibility index (Phi) is 5.03. The first-order valence-corrected chi connectivity index (χ1v) is 6.55. The van der Waals surface area contributed by atoms with Gasteiger partial charge in [-0.1, -0.05) is 0 Å². The fourth-order valence-corrected chi connectivity index (χ4v) is 2.58. The van der Waals surface area contributed by atoms with Crippen LogP contribution in [0.5, 0.6) is 0 Å². The molecule has 1 atom stereocenters. The number of nitrogens with zero attached hydrogens (tertiary/aromatic N) is 2. The van der Waals surface area contributed by atoms with Crippen LogP contribution in [0.4, 0.5) is 0 Å². The van der Waals surface area contributed by atoms with Crippen molar-refractivity contribution >= 4 is 0 Å². The summed E-state index contributed by atoms with van der Waals surface area (Å²) in [6.45, 7) is 7.76. The van der Waals surface area contributed by atoms with Gasteiger partial charge in [0.2, 0.25) is 0 Å². The molecule has 1 unspecified atom stereocenters. The van der Waals surface area contributed by atoms with Crippen molar-refractivity contribution in [2.75, 3.05) is 52.5 Å². The smallest absolute Gasteiger partial charge is 0.0588 e. The normalized spacial score (nSPS) is 28.7. The minimum absolute atomic E-state index is 0.288. The van der Waals surface area contributed by atoms with E-state index in [1.807, 2.05) is 0 Å². The Hall–Kier alpha value is -0.160. The van der Waals surface area contributed by atoms with E-state index in [2.05, 4.69) is 9.80 Å². The average Bonchev–Trinajstić information content (AvgIpc) is 2.82. The number of β-amino-alcohol motifs (C(OH)–C–C–N with tert-alkyl or cyclic N) is 1. The van der Waals surface area contributed by atoms with Gasteiger partial charge in [-0.05, 0) is 19.3 Å². The predicted octanol–water partition coefficient (Wildman–Crippen LogP) is 0.165. The molecule has 94 valence electrons. The molecule has 1 N–H and O–H groups in total. The van der Waals surface area contributed by atoms with E-state index in [-0.39, 0.29) is 6.61 Å². The van der Waals surface area contributed by atoms with Crippen molar-refractivity contribution < 1.29 is 9.84 Å². The Morgan fingerprint density at radius 2 is 1.75 bits per heavy atom. The number of hydrogen-bond acceptors (Lipinski definition) is 4. The van der Waals surface area contributed by atoms with Gasteiger partial charge in [0.15, 0.2) is 0 Å². The van der Waals surface area contributed by atoms with Crippen LogP contribution in [0.3, 0.4) is 0 Å². The summed E-state index contributed by atoms with van der Waals surface area (Å²) in [5.74, 6) is 0. The third-order valence-electron chi connectivity index (χ3n) is 3.67. The third-order valence-corrected chi connectivity index (χ3v) is 3.67. The predicted molar refractivity (Wildman–Crippen MR) is 63.6 cm³/mol. The molecule has 0 bridgehead atoms. The molecule has 0 aliphatic carbocycles. The second kappa shape index (κ2) is 6.55. The Morgan fingerprint density at radius 3 is 2.31 bits per heavy atom. The molecular weight excluding hydrogens is 204 g/mol. The van der Waals surface area contributed by atoms with E-state index in [4.69, 9.17) is 9.84 Å². The van der Waals surface area contributed by atoms with Crippen molar-refractivity contribution in [1.82, 2.24) is 9.80 Å². The summed E-state index contributed by atoms with van der Waals surface area (Å²) in [4.78, 5) is 4.86. The highest BCUT2D eigenvalue weighted by Gasteiger charge is 2.19. The van der Waals surface area contributed by atoms with Gasteiger partial charge in [-0.3, -0.25) is 4.90 Å². The number of piperazine rings is 1. The lowest BCUT2D eigenvalue weighted by Crippen LogP contribution is -2.47. The van der Waals surface area contributed by atoms with E-state index in [1.54, 1.807) is 0 Å². The highest BCUT2D eigenvalue weighted by atomic mass is 16.5. The molecule has 0 radical (unpaired) electrons. The quantitative estimate of drug-likeness (QED) is 0.727. The summed E-state index contributed by atoms with van der Waals surface area (Å²) in [7, 11) is 0. The summed E-state index contributed by atoms with van der Waals surface area (Å²) in [5.41, 5.74) is 0. The van der Waals surface area contributed by atoms with Crippen LogP contribution in [0, 0.1) is 0 Å². The second-order valence-corrected chi connectivity index (χ2v) is 4.83. The summed E-state index contributed by atoms with van der Waals surface area (Å²) in [5, 5.41) is 8.86. The largest absolute Gasteiger partial charge is 0.395 e. The zero-order chi connectivity index (χ0) is 11.2. The van der Waals surface area contributed by atoms with Gasteiger partial charge >= 0.3 is 0 Å². The third kappa shape index (κ3) is 3.70. The number of rotatable bonds is 5. The van der Waals surface area contributed by atoms with Gasteiger partial charge in [-0.2, -0.15) is 0 Å². The number of hydrogen-bond donors (Lipinski definition) is 1. The van der Waals surface area contributed by atoms with Crippen molar-refractivity contribution in [3.63, 3.8) is 0 Å². The summed E-state index contributed by atoms with van der Waals surface area (Å²) >= 11 is 0. The summed E-state index contributed by atoms with van der Waals surface area (Å²) in [6.07, 6.45) is 4.22. The molecule has 2 fully saturated rings. The van der Waals surface area contributed by atoms with Crippen molar-refractivity contribution in [2.45, 2.75) is 25.4 Å². The minimum Gasteiger partial charge on any atom is -0.395 e. The molecule has 16 heavy (non-hydrogen) atoms. The molecule has 2 aliphatic rings. The fraction of sp³-hybridized carbons (Fsp3) is 1.00. The van der Waals surface area contributed by atoms with Gasteiger partial charge in [-0.25, -0.2) is 0 Å².